The molecule has 0 aliphatic rings. The predicted octanol–water partition coefficient (Wildman–Crippen LogP) is 3.12. The highest BCUT2D eigenvalue weighted by Crippen LogP contribution is 2.31. The number of aliphatic hydroxyl groups is 1. The molecule has 0 bridgehead atoms. The van der Waals surface area contributed by atoms with Crippen molar-refractivity contribution in [1.82, 2.24) is 4.57 Å². The zero-order valence-corrected chi connectivity index (χ0v) is 12.2. The lowest BCUT2D eigenvalue weighted by Crippen LogP contribution is -1.97. The zero-order valence-electron chi connectivity index (χ0n) is 12.2. The molecule has 0 saturated carbocycles. The van der Waals surface area contributed by atoms with E-state index in [1.54, 1.807) is 7.11 Å². The first-order valence-corrected chi connectivity index (χ1v) is 6.41. The highest BCUT2D eigenvalue weighted by molar-refractivity contribution is 5.66. The Bertz CT molecular complexity index is 588. The Labute approximate surface area is 114 Å². The number of hydrogen-bond donors (Lipinski definition) is 1. The monoisotopic (exact) mass is 259 g/mol. The van der Waals surface area contributed by atoms with Crippen molar-refractivity contribution in [2.24, 2.45) is 7.05 Å². The molecule has 1 N–H and O–H groups in total. The van der Waals surface area contributed by atoms with Crippen LogP contribution in [0.3, 0.4) is 0 Å². The molecule has 3 heteroatoms. The molecule has 19 heavy (non-hydrogen) atoms. The van der Waals surface area contributed by atoms with E-state index in [0.29, 0.717) is 0 Å². The number of ether oxygens (including phenoxy) is 1. The molecule has 0 saturated heterocycles. The summed E-state index contributed by atoms with van der Waals surface area (Å²) in [6, 6.07) is 6.31. The van der Waals surface area contributed by atoms with Crippen LogP contribution in [-0.2, 0) is 13.7 Å². The van der Waals surface area contributed by atoms with E-state index < -0.39 is 0 Å². The normalized spacial score (nSPS) is 10.8. The van der Waals surface area contributed by atoms with Crippen molar-refractivity contribution in [3.05, 3.63) is 40.6 Å². The van der Waals surface area contributed by atoms with Crippen LogP contribution < -0.4 is 4.74 Å². The maximum Gasteiger partial charge on any atom is 0.124 e. The van der Waals surface area contributed by atoms with Gasteiger partial charge in [-0.25, -0.2) is 0 Å². The van der Waals surface area contributed by atoms with Crippen molar-refractivity contribution in [2.45, 2.75) is 27.4 Å². The highest BCUT2D eigenvalue weighted by Gasteiger charge is 2.12. The lowest BCUT2D eigenvalue weighted by atomic mass is 10.0. The number of rotatable bonds is 3. The van der Waals surface area contributed by atoms with Gasteiger partial charge in [0.25, 0.3) is 0 Å². The van der Waals surface area contributed by atoms with Crippen molar-refractivity contribution >= 4 is 0 Å². The number of nitrogens with zero attached hydrogens (tertiary/aromatic N) is 1. The van der Waals surface area contributed by atoms with Crippen LogP contribution >= 0.6 is 0 Å². The Hall–Kier alpha value is -1.74. The van der Waals surface area contributed by atoms with E-state index in [-0.39, 0.29) is 6.61 Å². The van der Waals surface area contributed by atoms with Crippen LogP contribution in [-0.4, -0.2) is 16.8 Å². The largest absolute Gasteiger partial charge is 0.496 e. The Morgan fingerprint density at radius 3 is 2.11 bits per heavy atom. The number of aryl methyl sites for hydroxylation is 2. The van der Waals surface area contributed by atoms with Gasteiger partial charge in [-0.05, 0) is 61.2 Å². The molecule has 0 aliphatic carbocycles. The average Bonchev–Trinajstić information content (AvgIpc) is 2.65. The van der Waals surface area contributed by atoms with Crippen molar-refractivity contribution in [1.29, 1.82) is 0 Å². The van der Waals surface area contributed by atoms with Gasteiger partial charge >= 0.3 is 0 Å². The summed E-state index contributed by atoms with van der Waals surface area (Å²) in [4.78, 5) is 0. The average molecular weight is 259 g/mol. The SMILES string of the molecule is COc1c(C)cc(-c2cc(CO)c(C)n2C)cc1C. The fourth-order valence-electron chi connectivity index (χ4n) is 2.62. The van der Waals surface area contributed by atoms with Crippen LogP contribution in [0.1, 0.15) is 22.4 Å². The third kappa shape index (κ3) is 2.26. The van der Waals surface area contributed by atoms with E-state index in [4.69, 9.17) is 4.74 Å². The number of benzene rings is 1. The second-order valence-electron chi connectivity index (χ2n) is 5.00. The Kier molecular flexibility index (Phi) is 3.67. The number of aromatic nitrogens is 1. The summed E-state index contributed by atoms with van der Waals surface area (Å²) in [5, 5.41) is 9.36. The topological polar surface area (TPSA) is 34.4 Å². The van der Waals surface area contributed by atoms with Gasteiger partial charge in [-0.1, -0.05) is 0 Å². The van der Waals surface area contributed by atoms with Gasteiger partial charge in [0.05, 0.1) is 13.7 Å². The minimum atomic E-state index is 0.0772. The fraction of sp³-hybridized carbons (Fsp3) is 0.375. The van der Waals surface area contributed by atoms with Crippen LogP contribution in [0.2, 0.25) is 0 Å². The van der Waals surface area contributed by atoms with Gasteiger partial charge in [0.15, 0.2) is 0 Å². The molecule has 3 nitrogen and oxygen atoms in total. The second-order valence-corrected chi connectivity index (χ2v) is 5.00. The van der Waals surface area contributed by atoms with Crippen LogP contribution in [0.4, 0.5) is 0 Å². The zero-order chi connectivity index (χ0) is 14.2. The summed E-state index contributed by atoms with van der Waals surface area (Å²) >= 11 is 0. The van der Waals surface area contributed by atoms with E-state index in [1.165, 1.54) is 0 Å². The molecular weight excluding hydrogens is 238 g/mol. The minimum absolute atomic E-state index is 0.0772. The van der Waals surface area contributed by atoms with Crippen molar-refractivity contribution < 1.29 is 9.84 Å². The van der Waals surface area contributed by atoms with Gasteiger partial charge in [0, 0.05) is 18.4 Å². The molecule has 0 spiro atoms. The summed E-state index contributed by atoms with van der Waals surface area (Å²) in [5.74, 6) is 0.942. The smallest absolute Gasteiger partial charge is 0.124 e. The third-order valence-corrected chi connectivity index (χ3v) is 3.77. The molecule has 2 aromatic rings. The van der Waals surface area contributed by atoms with E-state index in [0.717, 1.165) is 39.4 Å². The Balaban J connectivity index is 2.60. The van der Waals surface area contributed by atoms with Gasteiger partial charge in [-0.2, -0.15) is 0 Å². The molecule has 2 rings (SSSR count). The van der Waals surface area contributed by atoms with E-state index in [1.807, 2.05) is 14.0 Å². The van der Waals surface area contributed by atoms with Gasteiger partial charge in [0.1, 0.15) is 5.75 Å². The van der Waals surface area contributed by atoms with E-state index in [2.05, 4.69) is 36.6 Å². The van der Waals surface area contributed by atoms with Crippen LogP contribution in [0.25, 0.3) is 11.3 Å². The molecule has 1 aromatic carbocycles. The lowest BCUT2D eigenvalue weighted by molar-refractivity contribution is 0.281. The first-order valence-electron chi connectivity index (χ1n) is 6.41. The highest BCUT2D eigenvalue weighted by atomic mass is 16.5. The first-order chi connectivity index (χ1) is 8.99. The van der Waals surface area contributed by atoms with Gasteiger partial charge in [0.2, 0.25) is 0 Å². The number of aliphatic hydroxyl groups excluding tert-OH is 1. The molecule has 0 unspecified atom stereocenters. The Morgan fingerprint density at radius 2 is 1.68 bits per heavy atom. The number of hydrogen-bond acceptors (Lipinski definition) is 2. The van der Waals surface area contributed by atoms with E-state index in [9.17, 15) is 5.11 Å². The standard InChI is InChI=1S/C16H21NO2/c1-10-6-13(7-11(2)16(10)19-5)15-8-14(9-18)12(3)17(15)4/h6-8,18H,9H2,1-5H3. The fourth-order valence-corrected chi connectivity index (χ4v) is 2.62. The molecule has 1 aromatic heterocycles. The molecule has 0 radical (unpaired) electrons. The van der Waals surface area contributed by atoms with Crippen molar-refractivity contribution in [3.63, 3.8) is 0 Å². The lowest BCUT2D eigenvalue weighted by Gasteiger charge is -2.12. The molecular formula is C16H21NO2. The van der Waals surface area contributed by atoms with Gasteiger partial charge < -0.3 is 14.4 Å². The van der Waals surface area contributed by atoms with Crippen LogP contribution in [0.15, 0.2) is 18.2 Å². The molecule has 0 fully saturated rings. The first kappa shape index (κ1) is 13.7. The van der Waals surface area contributed by atoms with E-state index >= 15 is 0 Å². The third-order valence-electron chi connectivity index (χ3n) is 3.77. The summed E-state index contributed by atoms with van der Waals surface area (Å²) in [7, 11) is 3.73. The Morgan fingerprint density at radius 1 is 1.11 bits per heavy atom. The van der Waals surface area contributed by atoms with Crippen molar-refractivity contribution in [3.8, 4) is 17.0 Å². The van der Waals surface area contributed by atoms with Gasteiger partial charge in [-0.3, -0.25) is 0 Å². The molecule has 1 heterocycles. The van der Waals surface area contributed by atoms with Crippen LogP contribution in [0, 0.1) is 20.8 Å². The number of methoxy groups -OCH3 is 1. The summed E-state index contributed by atoms with van der Waals surface area (Å²) < 4.78 is 7.52. The molecule has 0 aliphatic heterocycles. The molecule has 0 atom stereocenters. The minimum Gasteiger partial charge on any atom is -0.496 e. The van der Waals surface area contributed by atoms with Crippen LogP contribution in [0.5, 0.6) is 5.75 Å². The van der Waals surface area contributed by atoms with Crippen molar-refractivity contribution in [2.75, 3.05) is 7.11 Å². The summed E-state index contributed by atoms with van der Waals surface area (Å²) in [6.07, 6.45) is 0. The predicted molar refractivity (Wildman–Crippen MR) is 77.5 cm³/mol. The summed E-state index contributed by atoms with van der Waals surface area (Å²) in [6.45, 7) is 6.21. The maximum absolute atomic E-state index is 9.36. The van der Waals surface area contributed by atoms with Gasteiger partial charge in [-0.15, -0.1) is 0 Å². The maximum atomic E-state index is 9.36. The molecule has 0 amide bonds. The molecule has 102 valence electrons. The summed E-state index contributed by atoms with van der Waals surface area (Å²) in [5.41, 5.74) is 6.60. The quantitative estimate of drug-likeness (QED) is 0.919. The second kappa shape index (κ2) is 5.10.